The second-order valence-corrected chi connectivity index (χ2v) is 6.92. The Kier molecular flexibility index (Phi) is 5.40. The first kappa shape index (κ1) is 18.2. The number of rotatable bonds is 5. The summed E-state index contributed by atoms with van der Waals surface area (Å²) in [4.78, 5) is 35.5. The highest BCUT2D eigenvalue weighted by Gasteiger charge is 2.34. The molecule has 7 nitrogen and oxygen atoms in total. The highest BCUT2D eigenvalue weighted by molar-refractivity contribution is 7.17. The number of carboxylic acids is 1. The van der Waals surface area contributed by atoms with Gasteiger partial charge in [-0.05, 0) is 26.3 Å². The quantitative estimate of drug-likeness (QED) is 0.622. The van der Waals surface area contributed by atoms with Crippen molar-refractivity contribution in [3.05, 3.63) is 28.2 Å². The first-order valence-electron chi connectivity index (χ1n) is 7.41. The van der Waals surface area contributed by atoms with Crippen molar-refractivity contribution >= 4 is 34.2 Å². The van der Waals surface area contributed by atoms with Crippen molar-refractivity contribution in [2.45, 2.75) is 39.4 Å². The molecule has 8 heteroatoms. The Morgan fingerprint density at radius 1 is 1.38 bits per heavy atom. The molecular weight excluding hydrogens is 334 g/mol. The van der Waals surface area contributed by atoms with Crippen molar-refractivity contribution in [2.75, 3.05) is 11.9 Å². The van der Waals surface area contributed by atoms with Crippen LogP contribution in [0.1, 0.15) is 41.6 Å². The monoisotopic (exact) mass is 353 g/mol. The van der Waals surface area contributed by atoms with Gasteiger partial charge >= 0.3 is 11.9 Å². The number of ether oxygens (including phenoxy) is 2. The topological polar surface area (TPSA) is 102 Å². The van der Waals surface area contributed by atoms with Gasteiger partial charge in [0.25, 0.3) is 0 Å². The van der Waals surface area contributed by atoms with Crippen LogP contribution in [0.15, 0.2) is 12.2 Å². The van der Waals surface area contributed by atoms with Gasteiger partial charge in [-0.2, -0.15) is 0 Å². The molecule has 1 amide bonds. The van der Waals surface area contributed by atoms with Crippen LogP contribution in [0.5, 0.6) is 0 Å². The molecular formula is C16H19NO6S. The number of anilines is 1. The number of carbonyl (C=O) groups excluding carboxylic acids is 2. The van der Waals surface area contributed by atoms with E-state index in [2.05, 4.69) is 5.32 Å². The summed E-state index contributed by atoms with van der Waals surface area (Å²) < 4.78 is 10.8. The molecule has 1 aliphatic rings. The first-order chi connectivity index (χ1) is 11.2. The van der Waals surface area contributed by atoms with E-state index >= 15 is 0 Å². The average Bonchev–Trinajstić information content (AvgIpc) is 2.81. The lowest BCUT2D eigenvalue weighted by atomic mass is 9.93. The Bertz CT molecular complexity index is 704. The van der Waals surface area contributed by atoms with Crippen molar-refractivity contribution in [1.29, 1.82) is 0 Å². The second kappa shape index (κ2) is 7.14. The maximum absolute atomic E-state index is 12.3. The lowest BCUT2D eigenvalue weighted by Gasteiger charge is -2.30. The number of thiophene rings is 1. The lowest BCUT2D eigenvalue weighted by Crippen LogP contribution is -2.32. The van der Waals surface area contributed by atoms with E-state index in [1.54, 1.807) is 6.92 Å². The lowest BCUT2D eigenvalue weighted by molar-refractivity contribution is -0.131. The molecule has 0 saturated carbocycles. The van der Waals surface area contributed by atoms with Crippen LogP contribution >= 0.6 is 11.3 Å². The summed E-state index contributed by atoms with van der Waals surface area (Å²) in [5.41, 5.74) is 0.720. The van der Waals surface area contributed by atoms with Gasteiger partial charge in [0.1, 0.15) is 5.00 Å². The number of aliphatic carboxylic acids is 1. The Hall–Kier alpha value is -2.19. The fourth-order valence-electron chi connectivity index (χ4n) is 2.36. The molecule has 2 heterocycles. The number of hydrogen-bond donors (Lipinski definition) is 2. The Morgan fingerprint density at radius 2 is 2.08 bits per heavy atom. The maximum Gasteiger partial charge on any atom is 0.341 e. The van der Waals surface area contributed by atoms with Crippen LogP contribution in [-0.2, 0) is 32.1 Å². The summed E-state index contributed by atoms with van der Waals surface area (Å²) in [6, 6.07) is 0. The average molecular weight is 353 g/mol. The molecule has 0 fully saturated rings. The van der Waals surface area contributed by atoms with E-state index in [1.165, 1.54) is 11.3 Å². The third kappa shape index (κ3) is 4.21. The number of esters is 1. The van der Waals surface area contributed by atoms with Gasteiger partial charge in [0.15, 0.2) is 0 Å². The number of fused-ring (bicyclic) bond motifs is 1. The number of nitrogens with one attached hydrogen (secondary N) is 1. The van der Waals surface area contributed by atoms with Crippen molar-refractivity contribution < 1.29 is 29.0 Å². The van der Waals surface area contributed by atoms with Crippen LogP contribution in [0, 0.1) is 0 Å². The predicted molar refractivity (Wildman–Crippen MR) is 88.3 cm³/mol. The molecule has 0 radical (unpaired) electrons. The number of carbonyl (C=O) groups is 3. The van der Waals surface area contributed by atoms with Gasteiger partial charge in [-0.15, -0.1) is 11.3 Å². The molecule has 0 saturated heterocycles. The molecule has 2 N–H and O–H groups in total. The predicted octanol–water partition coefficient (Wildman–Crippen LogP) is 2.36. The maximum atomic E-state index is 12.3. The van der Waals surface area contributed by atoms with Crippen molar-refractivity contribution in [3.63, 3.8) is 0 Å². The van der Waals surface area contributed by atoms with Gasteiger partial charge in [0, 0.05) is 23.5 Å². The third-order valence-electron chi connectivity index (χ3n) is 3.38. The molecule has 1 aliphatic heterocycles. The van der Waals surface area contributed by atoms with Gasteiger partial charge in [-0.1, -0.05) is 0 Å². The van der Waals surface area contributed by atoms with Gasteiger partial charge < -0.3 is 19.9 Å². The molecule has 1 aromatic rings. The van der Waals surface area contributed by atoms with Crippen LogP contribution in [-0.4, -0.2) is 35.2 Å². The van der Waals surface area contributed by atoms with Crippen LogP contribution in [0.25, 0.3) is 0 Å². The smallest absolute Gasteiger partial charge is 0.341 e. The SMILES string of the molecule is CCOC(=O)c1c(NC(=O)C=CC(=O)O)sc2c1CC(C)(C)OC2. The highest BCUT2D eigenvalue weighted by Crippen LogP contribution is 2.40. The molecule has 0 aromatic carbocycles. The zero-order valence-corrected chi connectivity index (χ0v) is 14.5. The highest BCUT2D eigenvalue weighted by atomic mass is 32.1. The third-order valence-corrected chi connectivity index (χ3v) is 4.50. The minimum absolute atomic E-state index is 0.218. The molecule has 0 bridgehead atoms. The number of amides is 1. The van der Waals surface area contributed by atoms with Crippen molar-refractivity contribution in [3.8, 4) is 0 Å². The molecule has 0 unspecified atom stereocenters. The van der Waals surface area contributed by atoms with Gasteiger partial charge in [0.2, 0.25) is 5.91 Å². The summed E-state index contributed by atoms with van der Waals surface area (Å²) in [6.45, 7) is 6.13. The Balaban J connectivity index is 2.37. The summed E-state index contributed by atoms with van der Waals surface area (Å²) in [5, 5.41) is 11.5. The van der Waals surface area contributed by atoms with Crippen LogP contribution in [0.3, 0.4) is 0 Å². The normalized spacial score (nSPS) is 15.8. The van der Waals surface area contributed by atoms with Crippen LogP contribution in [0.4, 0.5) is 5.00 Å². The summed E-state index contributed by atoms with van der Waals surface area (Å²) >= 11 is 1.24. The van der Waals surface area contributed by atoms with Gasteiger partial charge in [-0.25, -0.2) is 9.59 Å². The summed E-state index contributed by atoms with van der Waals surface area (Å²) in [7, 11) is 0. The van der Waals surface area contributed by atoms with E-state index in [0.29, 0.717) is 23.6 Å². The van der Waals surface area contributed by atoms with Crippen molar-refractivity contribution in [1.82, 2.24) is 0 Å². The zero-order chi connectivity index (χ0) is 17.9. The van der Waals surface area contributed by atoms with E-state index in [9.17, 15) is 14.4 Å². The number of hydrogen-bond acceptors (Lipinski definition) is 6. The minimum atomic E-state index is -1.23. The number of carboxylic acid groups (broad SMARTS) is 1. The van der Waals surface area contributed by atoms with E-state index in [1.807, 2.05) is 13.8 Å². The molecule has 130 valence electrons. The minimum Gasteiger partial charge on any atom is -0.478 e. The van der Waals surface area contributed by atoms with Gasteiger partial charge in [0.05, 0.1) is 24.4 Å². The standard InChI is InChI=1S/C16H19NO6S/c1-4-22-15(21)13-9-7-16(2,3)23-8-10(9)24-14(13)17-11(18)5-6-12(19)20/h5-6H,4,7-8H2,1-3H3,(H,17,18)(H,19,20). The second-order valence-electron chi connectivity index (χ2n) is 5.81. The fourth-order valence-corrected chi connectivity index (χ4v) is 3.48. The van der Waals surface area contributed by atoms with E-state index in [-0.39, 0.29) is 6.61 Å². The Morgan fingerprint density at radius 3 is 2.71 bits per heavy atom. The van der Waals surface area contributed by atoms with E-state index < -0.39 is 23.4 Å². The van der Waals surface area contributed by atoms with E-state index in [0.717, 1.165) is 22.6 Å². The van der Waals surface area contributed by atoms with Crippen molar-refractivity contribution in [2.24, 2.45) is 0 Å². The molecule has 2 rings (SSSR count). The van der Waals surface area contributed by atoms with E-state index in [4.69, 9.17) is 14.6 Å². The largest absolute Gasteiger partial charge is 0.478 e. The molecule has 0 spiro atoms. The summed E-state index contributed by atoms with van der Waals surface area (Å²) in [6.07, 6.45) is 2.16. The Labute approximate surface area is 143 Å². The fraction of sp³-hybridized carbons (Fsp3) is 0.438. The van der Waals surface area contributed by atoms with Crippen LogP contribution < -0.4 is 5.32 Å². The first-order valence-corrected chi connectivity index (χ1v) is 8.22. The molecule has 24 heavy (non-hydrogen) atoms. The molecule has 0 atom stereocenters. The zero-order valence-electron chi connectivity index (χ0n) is 13.7. The summed E-state index contributed by atoms with van der Waals surface area (Å²) in [5.74, 6) is -2.36. The van der Waals surface area contributed by atoms with Crippen LogP contribution in [0.2, 0.25) is 0 Å². The molecule has 1 aromatic heterocycles. The molecule has 0 aliphatic carbocycles. The van der Waals surface area contributed by atoms with Gasteiger partial charge in [-0.3, -0.25) is 4.79 Å².